The molecule has 0 amide bonds. The Kier molecular flexibility index (Phi) is 6.67. The molecular formula is C15H13BrF5NO. The Morgan fingerprint density at radius 2 is 1.26 bits per heavy atom. The number of alkyl halides is 3. The summed E-state index contributed by atoms with van der Waals surface area (Å²) in [6, 6.07) is 9.52. The maximum atomic E-state index is 12.5. The lowest BCUT2D eigenvalue weighted by molar-refractivity contribution is -0.262. The second-order valence-electron chi connectivity index (χ2n) is 4.51. The zero-order valence-electron chi connectivity index (χ0n) is 11.6. The molecule has 2 aromatic carbocycles. The molecule has 0 bridgehead atoms. The predicted molar refractivity (Wildman–Crippen MR) is 79.5 cm³/mol. The van der Waals surface area contributed by atoms with Crippen LogP contribution < -0.4 is 5.73 Å². The highest BCUT2D eigenvalue weighted by atomic mass is 79.9. The fraction of sp³-hybridized carbons (Fsp3) is 0.200. The van der Waals surface area contributed by atoms with E-state index in [-0.39, 0.29) is 5.82 Å². The lowest BCUT2D eigenvalue weighted by Crippen LogP contribution is -2.48. The molecule has 3 N–H and O–H groups in total. The second kappa shape index (κ2) is 7.85. The Morgan fingerprint density at radius 1 is 0.870 bits per heavy atom. The fourth-order valence-electron chi connectivity index (χ4n) is 1.55. The lowest BCUT2D eigenvalue weighted by Gasteiger charge is -2.29. The zero-order valence-corrected chi connectivity index (χ0v) is 13.2. The van der Waals surface area contributed by atoms with Gasteiger partial charge in [0.1, 0.15) is 11.6 Å². The second-order valence-corrected chi connectivity index (χ2v) is 5.42. The summed E-state index contributed by atoms with van der Waals surface area (Å²) in [5.74, 6) is -0.881. The van der Waals surface area contributed by atoms with Crippen molar-refractivity contribution in [3.05, 3.63) is 70.2 Å². The monoisotopic (exact) mass is 397 g/mol. The van der Waals surface area contributed by atoms with E-state index in [0.29, 0.717) is 0 Å². The predicted octanol–water partition coefficient (Wildman–Crippen LogP) is 4.12. The maximum absolute atomic E-state index is 12.5. The first-order valence-electron chi connectivity index (χ1n) is 6.26. The average molecular weight is 398 g/mol. The minimum absolute atomic E-state index is 0.201. The van der Waals surface area contributed by atoms with Gasteiger partial charge in [-0.3, -0.25) is 0 Å². The molecule has 0 aliphatic rings. The maximum Gasteiger partial charge on any atom is 0.422 e. The van der Waals surface area contributed by atoms with Crippen LogP contribution in [0.5, 0.6) is 0 Å². The first-order valence-corrected chi connectivity index (χ1v) is 7.06. The van der Waals surface area contributed by atoms with Crippen LogP contribution >= 0.6 is 15.9 Å². The molecule has 8 heteroatoms. The van der Waals surface area contributed by atoms with Gasteiger partial charge in [0.15, 0.2) is 5.60 Å². The molecule has 2 rings (SSSR count). The van der Waals surface area contributed by atoms with Gasteiger partial charge in [-0.2, -0.15) is 13.2 Å². The van der Waals surface area contributed by atoms with E-state index < -0.39 is 29.7 Å². The van der Waals surface area contributed by atoms with Crippen LogP contribution in [0.4, 0.5) is 22.0 Å². The highest BCUT2D eigenvalue weighted by Crippen LogP contribution is 2.37. The van der Waals surface area contributed by atoms with Crippen LogP contribution in [0.3, 0.4) is 0 Å². The largest absolute Gasteiger partial charge is 0.422 e. The number of benzene rings is 2. The van der Waals surface area contributed by atoms with Crippen molar-refractivity contribution in [1.82, 2.24) is 0 Å². The van der Waals surface area contributed by atoms with Gasteiger partial charge in [0.05, 0.1) is 0 Å². The summed E-state index contributed by atoms with van der Waals surface area (Å²) in [4.78, 5) is 0. The van der Waals surface area contributed by atoms with Gasteiger partial charge in [0, 0.05) is 11.0 Å². The van der Waals surface area contributed by atoms with Crippen molar-refractivity contribution >= 4 is 15.9 Å². The molecule has 0 saturated heterocycles. The van der Waals surface area contributed by atoms with Crippen molar-refractivity contribution in [1.29, 1.82) is 0 Å². The molecule has 0 radical (unpaired) electrons. The third kappa shape index (κ3) is 5.26. The third-order valence-corrected chi connectivity index (χ3v) is 3.42. The lowest BCUT2D eigenvalue weighted by atomic mass is 9.93. The van der Waals surface area contributed by atoms with Crippen molar-refractivity contribution in [2.75, 3.05) is 6.54 Å². The normalized spacial score (nSPS) is 13.7. The van der Waals surface area contributed by atoms with Gasteiger partial charge in [-0.1, -0.05) is 28.1 Å². The molecule has 1 unspecified atom stereocenters. The standard InChI is InChI=1S/C9H9F4NO.C6H4BrF/c10-7-3-1-6(2-4-7)8(15,5-14)9(11,12)13;7-5-1-3-6(8)4-2-5/h1-4,15H,5,14H2;1-4H. The quantitative estimate of drug-likeness (QED) is 0.748. The Bertz CT molecular complexity index is 594. The summed E-state index contributed by atoms with van der Waals surface area (Å²) in [5.41, 5.74) is 1.30. The smallest absolute Gasteiger partial charge is 0.375 e. The van der Waals surface area contributed by atoms with E-state index in [4.69, 9.17) is 5.73 Å². The van der Waals surface area contributed by atoms with Gasteiger partial charge in [-0.15, -0.1) is 0 Å². The SMILES string of the molecule is Fc1ccc(Br)cc1.NCC(O)(c1ccc(F)cc1)C(F)(F)F. The molecule has 2 aromatic rings. The van der Waals surface area contributed by atoms with Crippen LogP contribution in [0.25, 0.3) is 0 Å². The summed E-state index contributed by atoms with van der Waals surface area (Å²) in [6.45, 7) is -1.01. The van der Waals surface area contributed by atoms with Crippen molar-refractivity contribution in [2.45, 2.75) is 11.8 Å². The minimum atomic E-state index is -4.89. The summed E-state index contributed by atoms with van der Waals surface area (Å²) in [7, 11) is 0. The molecule has 0 fully saturated rings. The van der Waals surface area contributed by atoms with Gasteiger partial charge < -0.3 is 10.8 Å². The zero-order chi connectivity index (χ0) is 17.7. The van der Waals surface area contributed by atoms with Gasteiger partial charge in [0.25, 0.3) is 0 Å². The molecule has 23 heavy (non-hydrogen) atoms. The van der Waals surface area contributed by atoms with Gasteiger partial charge in [-0.25, -0.2) is 8.78 Å². The third-order valence-electron chi connectivity index (χ3n) is 2.89. The van der Waals surface area contributed by atoms with Crippen molar-refractivity contribution in [2.24, 2.45) is 5.73 Å². The van der Waals surface area contributed by atoms with E-state index in [2.05, 4.69) is 15.9 Å². The van der Waals surface area contributed by atoms with E-state index in [1.807, 2.05) is 0 Å². The van der Waals surface area contributed by atoms with Crippen LogP contribution in [0, 0.1) is 11.6 Å². The summed E-state index contributed by atoms with van der Waals surface area (Å²) < 4.78 is 62.9. The van der Waals surface area contributed by atoms with Crippen LogP contribution in [-0.2, 0) is 5.60 Å². The first-order chi connectivity index (χ1) is 10.6. The number of hydrogen-bond acceptors (Lipinski definition) is 2. The van der Waals surface area contributed by atoms with E-state index in [1.165, 1.54) is 12.1 Å². The van der Waals surface area contributed by atoms with Crippen molar-refractivity contribution in [3.63, 3.8) is 0 Å². The van der Waals surface area contributed by atoms with Gasteiger partial charge in [0.2, 0.25) is 0 Å². The Hall–Kier alpha value is -1.51. The minimum Gasteiger partial charge on any atom is -0.375 e. The van der Waals surface area contributed by atoms with E-state index in [1.54, 1.807) is 12.1 Å². The topological polar surface area (TPSA) is 46.2 Å². The van der Waals surface area contributed by atoms with Crippen LogP contribution in [0.2, 0.25) is 0 Å². The van der Waals surface area contributed by atoms with Crippen molar-refractivity contribution in [3.8, 4) is 0 Å². The first kappa shape index (κ1) is 19.5. The van der Waals surface area contributed by atoms with Crippen molar-refractivity contribution < 1.29 is 27.1 Å². The molecule has 0 heterocycles. The molecule has 0 saturated carbocycles. The van der Waals surface area contributed by atoms with E-state index in [9.17, 15) is 27.1 Å². The molecular weight excluding hydrogens is 385 g/mol. The summed E-state index contributed by atoms with van der Waals surface area (Å²) >= 11 is 3.18. The number of aliphatic hydroxyl groups is 1. The highest BCUT2D eigenvalue weighted by Gasteiger charge is 2.53. The summed E-state index contributed by atoms with van der Waals surface area (Å²) in [6.07, 6.45) is -4.89. The van der Waals surface area contributed by atoms with Crippen LogP contribution in [0.15, 0.2) is 53.0 Å². The number of nitrogens with two attached hydrogens (primary N) is 1. The highest BCUT2D eigenvalue weighted by molar-refractivity contribution is 9.10. The Balaban J connectivity index is 0.000000277. The fourth-order valence-corrected chi connectivity index (χ4v) is 1.82. The number of halogens is 6. The Labute approximate surface area is 137 Å². The molecule has 0 aliphatic carbocycles. The van der Waals surface area contributed by atoms with Gasteiger partial charge in [-0.05, 0) is 42.0 Å². The van der Waals surface area contributed by atoms with E-state index in [0.717, 1.165) is 28.7 Å². The average Bonchev–Trinajstić information content (AvgIpc) is 2.49. The molecule has 1 atom stereocenters. The molecule has 0 aliphatic heterocycles. The number of hydrogen-bond donors (Lipinski definition) is 2. The van der Waals surface area contributed by atoms with Crippen LogP contribution in [-0.4, -0.2) is 17.8 Å². The molecule has 0 spiro atoms. The number of rotatable bonds is 2. The molecule has 0 aromatic heterocycles. The summed E-state index contributed by atoms with van der Waals surface area (Å²) in [5, 5.41) is 9.35. The van der Waals surface area contributed by atoms with E-state index >= 15 is 0 Å². The molecule has 126 valence electrons. The molecule has 2 nitrogen and oxygen atoms in total. The van der Waals surface area contributed by atoms with Gasteiger partial charge >= 0.3 is 6.18 Å². The Morgan fingerprint density at radius 3 is 1.57 bits per heavy atom. The van der Waals surface area contributed by atoms with Crippen LogP contribution in [0.1, 0.15) is 5.56 Å².